The van der Waals surface area contributed by atoms with Gasteiger partial charge in [-0.05, 0) is 25.7 Å². The maximum absolute atomic E-state index is 5.37. The van der Waals surface area contributed by atoms with Gasteiger partial charge in [-0.25, -0.2) is 0 Å². The van der Waals surface area contributed by atoms with Crippen LogP contribution in [-0.2, 0) is 9.47 Å². The molecule has 0 saturated heterocycles. The highest BCUT2D eigenvalue weighted by molar-refractivity contribution is 7.75. The summed E-state index contributed by atoms with van der Waals surface area (Å²) in [6.45, 7) is 7.05. The molecular formula is C18H42O2PSi+. The average molecular weight is 350 g/mol. The molecule has 0 saturated carbocycles. The van der Waals surface area contributed by atoms with Crippen molar-refractivity contribution in [2.45, 2.75) is 77.7 Å². The first-order valence-electron chi connectivity index (χ1n) is 9.58. The Balaban J connectivity index is 4.44. The van der Waals surface area contributed by atoms with E-state index in [9.17, 15) is 0 Å². The zero-order valence-electron chi connectivity index (χ0n) is 16.0. The highest BCUT2D eigenvalue weighted by Crippen LogP contribution is 2.61. The monoisotopic (exact) mass is 349 g/mol. The molecule has 0 bridgehead atoms. The van der Waals surface area contributed by atoms with E-state index >= 15 is 0 Å². The molecule has 0 aromatic rings. The molecule has 0 atom stereocenters. The summed E-state index contributed by atoms with van der Waals surface area (Å²) in [7, 11) is 2.65. The molecule has 134 valence electrons. The Kier molecular flexibility index (Phi) is 15.5. The van der Waals surface area contributed by atoms with Gasteiger partial charge in [-0.2, -0.15) is 0 Å². The second kappa shape index (κ2) is 15.1. The van der Waals surface area contributed by atoms with Crippen LogP contribution in [0.25, 0.3) is 0 Å². The van der Waals surface area contributed by atoms with Gasteiger partial charge in [0.2, 0.25) is 0 Å². The molecule has 0 aliphatic rings. The molecule has 0 N–H and O–H groups in total. The van der Waals surface area contributed by atoms with Crippen LogP contribution < -0.4 is 0 Å². The third-order valence-corrected chi connectivity index (χ3v) is 11.9. The fraction of sp³-hybridized carbons (Fsp3) is 1.00. The van der Waals surface area contributed by atoms with E-state index in [2.05, 4.69) is 20.8 Å². The average Bonchev–Trinajstić information content (AvgIpc) is 2.56. The summed E-state index contributed by atoms with van der Waals surface area (Å²) in [6.07, 6.45) is 16.1. The minimum absolute atomic E-state index is 0.134. The first kappa shape index (κ1) is 22.6. The first-order valence-corrected chi connectivity index (χ1v) is 13.9. The molecule has 0 spiro atoms. The van der Waals surface area contributed by atoms with E-state index in [4.69, 9.17) is 9.47 Å². The predicted molar refractivity (Wildman–Crippen MR) is 107 cm³/mol. The van der Waals surface area contributed by atoms with Crippen molar-refractivity contribution in [1.82, 2.24) is 0 Å². The van der Waals surface area contributed by atoms with E-state index in [1.807, 2.05) is 0 Å². The van der Waals surface area contributed by atoms with Crippen molar-refractivity contribution in [3.63, 3.8) is 0 Å². The number of methoxy groups -OCH3 is 2. The van der Waals surface area contributed by atoms with Gasteiger partial charge in [-0.15, -0.1) is 0 Å². The largest absolute Gasteiger partial charge is 0.360 e. The topological polar surface area (TPSA) is 18.5 Å². The Bertz CT molecular complexity index is 213. The highest BCUT2D eigenvalue weighted by atomic mass is 31.2. The van der Waals surface area contributed by atoms with E-state index in [1.54, 1.807) is 38.9 Å². The predicted octanol–water partition coefficient (Wildman–Crippen LogP) is 4.96. The molecule has 0 unspecified atom stereocenters. The van der Waals surface area contributed by atoms with Crippen molar-refractivity contribution in [3.05, 3.63) is 0 Å². The lowest BCUT2D eigenvalue weighted by molar-refractivity contribution is -0.0441. The van der Waals surface area contributed by atoms with Gasteiger partial charge in [-0.3, -0.25) is 0 Å². The van der Waals surface area contributed by atoms with Crippen LogP contribution in [0.5, 0.6) is 0 Å². The minimum atomic E-state index is -0.682. The van der Waals surface area contributed by atoms with Crippen LogP contribution in [0.1, 0.15) is 65.7 Å². The maximum atomic E-state index is 5.37. The summed E-state index contributed by atoms with van der Waals surface area (Å²) in [4.78, 5) is 0. The van der Waals surface area contributed by atoms with Crippen LogP contribution in [0.15, 0.2) is 0 Å². The smallest absolute Gasteiger partial charge is 0.134 e. The number of ether oxygens (including phenoxy) is 2. The molecule has 0 fully saturated rings. The molecule has 22 heavy (non-hydrogen) atoms. The van der Waals surface area contributed by atoms with Crippen LogP contribution in [0.2, 0.25) is 6.04 Å². The van der Waals surface area contributed by atoms with E-state index < -0.39 is 7.26 Å². The van der Waals surface area contributed by atoms with Gasteiger partial charge in [0, 0.05) is 21.5 Å². The summed E-state index contributed by atoms with van der Waals surface area (Å²) in [5, 5.41) is 0. The third-order valence-electron chi connectivity index (χ3n) is 4.81. The van der Waals surface area contributed by atoms with Crippen molar-refractivity contribution in [2.24, 2.45) is 0 Å². The highest BCUT2D eigenvalue weighted by Gasteiger charge is 2.34. The van der Waals surface area contributed by atoms with Gasteiger partial charge in [-0.1, -0.05) is 46.1 Å². The summed E-state index contributed by atoms with van der Waals surface area (Å²) in [5.74, 6) is 0.134. The van der Waals surface area contributed by atoms with Gasteiger partial charge in [0.15, 0.2) is 0 Å². The van der Waals surface area contributed by atoms with Crippen molar-refractivity contribution >= 4 is 16.8 Å². The Morgan fingerprint density at radius 1 is 0.727 bits per heavy atom. The van der Waals surface area contributed by atoms with Crippen molar-refractivity contribution in [2.75, 3.05) is 38.9 Å². The van der Waals surface area contributed by atoms with Gasteiger partial charge in [0.25, 0.3) is 0 Å². The Morgan fingerprint density at radius 3 is 1.50 bits per heavy atom. The third kappa shape index (κ3) is 10.4. The van der Waals surface area contributed by atoms with Crippen molar-refractivity contribution in [3.8, 4) is 0 Å². The van der Waals surface area contributed by atoms with Gasteiger partial charge in [0.05, 0.1) is 34.2 Å². The summed E-state index contributed by atoms with van der Waals surface area (Å²) < 4.78 is 10.7. The number of unbranched alkanes of at least 4 members (excludes halogenated alkanes) is 3. The maximum Gasteiger partial charge on any atom is 0.134 e. The Morgan fingerprint density at radius 2 is 1.14 bits per heavy atom. The number of hydrogen-bond acceptors (Lipinski definition) is 2. The lowest BCUT2D eigenvalue weighted by atomic mass is 10.4. The van der Waals surface area contributed by atoms with Crippen molar-refractivity contribution in [1.29, 1.82) is 0 Å². The van der Waals surface area contributed by atoms with Crippen LogP contribution in [0, 0.1) is 0 Å². The first-order chi connectivity index (χ1) is 10.7. The molecule has 0 heterocycles. The molecule has 0 rings (SSSR count). The number of rotatable bonds is 16. The van der Waals surface area contributed by atoms with Gasteiger partial charge in [0.1, 0.15) is 5.91 Å². The molecule has 0 aliphatic carbocycles. The second-order valence-corrected chi connectivity index (χ2v) is 13.1. The normalized spacial score (nSPS) is 12.8. The Hall–Kier alpha value is 0.567. The minimum Gasteiger partial charge on any atom is -0.360 e. The molecule has 0 aromatic heterocycles. The molecule has 0 aromatic carbocycles. The van der Waals surface area contributed by atoms with E-state index in [0.717, 1.165) is 0 Å². The fourth-order valence-electron chi connectivity index (χ4n) is 3.24. The van der Waals surface area contributed by atoms with E-state index in [-0.39, 0.29) is 15.4 Å². The summed E-state index contributed by atoms with van der Waals surface area (Å²) >= 11 is 0. The molecular weight excluding hydrogens is 307 g/mol. The lowest BCUT2D eigenvalue weighted by Gasteiger charge is -2.28. The molecule has 0 radical (unpaired) electrons. The van der Waals surface area contributed by atoms with Crippen LogP contribution in [0.4, 0.5) is 0 Å². The number of hydrogen-bond donors (Lipinski definition) is 0. The van der Waals surface area contributed by atoms with E-state index in [1.165, 1.54) is 51.0 Å². The van der Waals surface area contributed by atoms with Crippen LogP contribution in [-0.4, -0.2) is 54.3 Å². The van der Waals surface area contributed by atoms with Crippen molar-refractivity contribution < 1.29 is 9.47 Å². The lowest BCUT2D eigenvalue weighted by Crippen LogP contribution is -2.21. The van der Waals surface area contributed by atoms with Crippen LogP contribution >= 0.6 is 7.26 Å². The molecule has 4 heteroatoms. The summed E-state index contributed by atoms with van der Waals surface area (Å²) in [5.41, 5.74) is 0. The van der Waals surface area contributed by atoms with Gasteiger partial charge < -0.3 is 9.47 Å². The quantitative estimate of drug-likeness (QED) is 0.170. The molecule has 0 amide bonds. The zero-order chi connectivity index (χ0) is 16.7. The van der Waals surface area contributed by atoms with Crippen LogP contribution in [0.3, 0.4) is 0 Å². The summed E-state index contributed by atoms with van der Waals surface area (Å²) in [6, 6.07) is 1.39. The zero-order valence-corrected chi connectivity index (χ0v) is 18.3. The molecule has 2 nitrogen and oxygen atoms in total. The van der Waals surface area contributed by atoms with E-state index in [0.29, 0.717) is 0 Å². The fourth-order valence-corrected chi connectivity index (χ4v) is 10.2. The SMILES string of the molecule is CCCC[P+](CCCC)(CCCC)CCC[SiH2]C(OC)OC. The molecule has 0 aliphatic heterocycles. The standard InChI is InChI=1S/C18H42O2PSi/c1-6-9-13-21(14-10-7-2,15-11-8-3)16-12-17-22-18(19-4)20-5/h18H,6-17,22H2,1-5H3/q+1. The second-order valence-electron chi connectivity index (χ2n) is 6.69. The van der Waals surface area contributed by atoms with Gasteiger partial charge >= 0.3 is 0 Å². The Labute approximate surface area is 143 Å².